The van der Waals surface area contributed by atoms with E-state index in [9.17, 15) is 18.0 Å². The maximum Gasteiger partial charge on any atom is 0.308 e. The van der Waals surface area contributed by atoms with E-state index in [0.717, 1.165) is 12.8 Å². The van der Waals surface area contributed by atoms with Gasteiger partial charge in [0.05, 0.1) is 11.2 Å². The van der Waals surface area contributed by atoms with Crippen LogP contribution >= 0.6 is 0 Å². The minimum atomic E-state index is -3.39. The van der Waals surface area contributed by atoms with Gasteiger partial charge < -0.3 is 10.0 Å². The lowest BCUT2D eigenvalue weighted by Crippen LogP contribution is -2.37. The van der Waals surface area contributed by atoms with Crippen LogP contribution < -0.4 is 0 Å². The van der Waals surface area contributed by atoms with Crippen molar-refractivity contribution in [3.05, 3.63) is 0 Å². The summed E-state index contributed by atoms with van der Waals surface area (Å²) in [5.74, 6) is -2.57. The molecule has 0 aromatic carbocycles. The van der Waals surface area contributed by atoms with Crippen LogP contribution in [-0.4, -0.2) is 54.4 Å². The molecule has 0 aromatic rings. The molecule has 6 nitrogen and oxygen atoms in total. The van der Waals surface area contributed by atoms with Crippen LogP contribution in [0.25, 0.3) is 0 Å². The first-order valence-corrected chi connectivity index (χ1v) is 8.75. The van der Waals surface area contributed by atoms with Gasteiger partial charge in [0.15, 0.2) is 9.84 Å². The number of carbonyl (C=O) groups is 2. The molecule has 2 fully saturated rings. The third-order valence-electron chi connectivity index (χ3n) is 4.42. The Labute approximate surface area is 119 Å². The molecule has 114 valence electrons. The molecular weight excluding hydrogens is 282 g/mol. The van der Waals surface area contributed by atoms with Gasteiger partial charge in [0.25, 0.3) is 0 Å². The van der Waals surface area contributed by atoms with E-state index in [-0.39, 0.29) is 17.7 Å². The molecule has 0 bridgehead atoms. The average molecular weight is 303 g/mol. The van der Waals surface area contributed by atoms with Gasteiger partial charge in [-0.3, -0.25) is 9.59 Å². The Kier molecular flexibility index (Phi) is 4.36. The fourth-order valence-electron chi connectivity index (χ4n) is 3.12. The predicted octanol–water partition coefficient (Wildman–Crippen LogP) is 0.523. The molecule has 2 atom stereocenters. The maximum absolute atomic E-state index is 12.1. The van der Waals surface area contributed by atoms with Crippen molar-refractivity contribution in [3.63, 3.8) is 0 Å². The van der Waals surface area contributed by atoms with Crippen LogP contribution in [-0.2, 0) is 19.4 Å². The molecule has 1 aliphatic heterocycles. The molecule has 1 N–H and O–H groups in total. The molecule has 1 aliphatic carbocycles. The van der Waals surface area contributed by atoms with Gasteiger partial charge in [-0.25, -0.2) is 8.42 Å². The van der Waals surface area contributed by atoms with Crippen LogP contribution in [0.1, 0.15) is 32.6 Å². The molecule has 1 amide bonds. The second-order valence-corrected chi connectivity index (χ2v) is 8.22. The summed E-state index contributed by atoms with van der Waals surface area (Å²) >= 11 is 0. The number of hydrogen-bond donors (Lipinski definition) is 1. The average Bonchev–Trinajstić information content (AvgIpc) is 2.96. The Bertz CT molecular complexity index is 495. The van der Waals surface area contributed by atoms with Crippen LogP contribution in [0.3, 0.4) is 0 Å². The maximum atomic E-state index is 12.1. The Balaban J connectivity index is 1.97. The zero-order valence-corrected chi connectivity index (χ0v) is 12.4. The molecule has 1 saturated carbocycles. The van der Waals surface area contributed by atoms with E-state index < -0.39 is 33.4 Å². The normalized spacial score (nSPS) is 27.9. The van der Waals surface area contributed by atoms with Crippen LogP contribution in [0.4, 0.5) is 0 Å². The van der Waals surface area contributed by atoms with Crippen molar-refractivity contribution in [2.24, 2.45) is 11.8 Å². The van der Waals surface area contributed by atoms with Gasteiger partial charge in [0.1, 0.15) is 5.75 Å². The van der Waals surface area contributed by atoms with E-state index in [1.807, 2.05) is 0 Å². The number of carbonyl (C=O) groups excluding carboxylic acids is 1. The molecule has 0 spiro atoms. The Morgan fingerprint density at radius 1 is 1.20 bits per heavy atom. The third kappa shape index (κ3) is 3.13. The zero-order chi connectivity index (χ0) is 14.9. The van der Waals surface area contributed by atoms with E-state index in [0.29, 0.717) is 19.4 Å². The van der Waals surface area contributed by atoms with Gasteiger partial charge in [-0.05, 0) is 18.8 Å². The first-order chi connectivity index (χ1) is 9.31. The SMILES string of the molecule is C[C@@H]1CN(C(=O)CS(=O)(=O)C2CCCC2)C[C@H]1C(=O)O. The Morgan fingerprint density at radius 2 is 1.80 bits per heavy atom. The van der Waals surface area contributed by atoms with Gasteiger partial charge in [-0.1, -0.05) is 19.8 Å². The van der Waals surface area contributed by atoms with Crippen molar-refractivity contribution in [3.8, 4) is 0 Å². The molecule has 1 saturated heterocycles. The van der Waals surface area contributed by atoms with Crippen LogP contribution in [0, 0.1) is 11.8 Å². The minimum absolute atomic E-state index is 0.121. The van der Waals surface area contributed by atoms with E-state index in [4.69, 9.17) is 5.11 Å². The Morgan fingerprint density at radius 3 is 2.30 bits per heavy atom. The van der Waals surface area contributed by atoms with E-state index in [1.165, 1.54) is 4.90 Å². The minimum Gasteiger partial charge on any atom is -0.481 e. The molecule has 2 aliphatic rings. The molecule has 0 radical (unpaired) electrons. The molecular formula is C13H21NO5S. The molecule has 7 heteroatoms. The number of likely N-dealkylation sites (tertiary alicyclic amines) is 1. The summed E-state index contributed by atoms with van der Waals surface area (Å²) in [5.41, 5.74) is 0. The van der Waals surface area contributed by atoms with E-state index in [2.05, 4.69) is 0 Å². The lowest BCUT2D eigenvalue weighted by atomic mass is 9.99. The molecule has 1 heterocycles. The smallest absolute Gasteiger partial charge is 0.308 e. The van der Waals surface area contributed by atoms with Gasteiger partial charge in [0.2, 0.25) is 5.91 Å². The number of hydrogen-bond acceptors (Lipinski definition) is 4. The molecule has 2 rings (SSSR count). The summed E-state index contributed by atoms with van der Waals surface area (Å²) in [6.07, 6.45) is 3.09. The summed E-state index contributed by atoms with van der Waals surface area (Å²) < 4.78 is 24.3. The largest absolute Gasteiger partial charge is 0.481 e. The van der Waals surface area contributed by atoms with Gasteiger partial charge in [-0.15, -0.1) is 0 Å². The van der Waals surface area contributed by atoms with Crippen molar-refractivity contribution in [2.45, 2.75) is 37.9 Å². The van der Waals surface area contributed by atoms with Crippen LogP contribution in [0.15, 0.2) is 0 Å². The second-order valence-electron chi connectivity index (χ2n) is 5.93. The van der Waals surface area contributed by atoms with Crippen molar-refractivity contribution in [1.29, 1.82) is 0 Å². The molecule has 0 aromatic heterocycles. The summed E-state index contributed by atoms with van der Waals surface area (Å²) in [4.78, 5) is 24.5. The van der Waals surface area contributed by atoms with E-state index >= 15 is 0 Å². The van der Waals surface area contributed by atoms with Crippen molar-refractivity contribution >= 4 is 21.7 Å². The van der Waals surface area contributed by atoms with Gasteiger partial charge >= 0.3 is 5.97 Å². The van der Waals surface area contributed by atoms with Crippen LogP contribution in [0.2, 0.25) is 0 Å². The summed E-state index contributed by atoms with van der Waals surface area (Å²) in [5, 5.41) is 8.64. The second kappa shape index (κ2) is 5.71. The molecule has 20 heavy (non-hydrogen) atoms. The number of rotatable bonds is 4. The zero-order valence-electron chi connectivity index (χ0n) is 11.6. The Hall–Kier alpha value is -1.11. The van der Waals surface area contributed by atoms with E-state index in [1.54, 1.807) is 6.92 Å². The highest BCUT2D eigenvalue weighted by Crippen LogP contribution is 2.27. The monoisotopic (exact) mass is 303 g/mol. The first-order valence-electron chi connectivity index (χ1n) is 7.03. The first kappa shape index (κ1) is 15.3. The quantitative estimate of drug-likeness (QED) is 0.817. The summed E-state index contributed by atoms with van der Waals surface area (Å²) in [6.45, 7) is 2.23. The number of carboxylic acids is 1. The topological polar surface area (TPSA) is 91.8 Å². The predicted molar refractivity (Wildman–Crippen MR) is 72.9 cm³/mol. The number of aliphatic carboxylic acids is 1. The fourth-order valence-corrected chi connectivity index (χ4v) is 4.93. The molecule has 0 unspecified atom stereocenters. The number of nitrogens with zero attached hydrogens (tertiary/aromatic N) is 1. The van der Waals surface area contributed by atoms with Crippen molar-refractivity contribution < 1.29 is 23.1 Å². The highest BCUT2D eigenvalue weighted by Gasteiger charge is 2.39. The van der Waals surface area contributed by atoms with Gasteiger partial charge in [0, 0.05) is 13.1 Å². The number of carboxylic acid groups (broad SMARTS) is 1. The fraction of sp³-hybridized carbons (Fsp3) is 0.846. The standard InChI is InChI=1S/C13H21NO5S/c1-9-6-14(7-11(9)13(16)17)12(15)8-20(18,19)10-4-2-3-5-10/h9-11H,2-8H2,1H3,(H,16,17)/t9-,11-/m1/s1. The lowest BCUT2D eigenvalue weighted by Gasteiger charge is -2.17. The van der Waals surface area contributed by atoms with Crippen molar-refractivity contribution in [2.75, 3.05) is 18.8 Å². The van der Waals surface area contributed by atoms with Crippen LogP contribution in [0.5, 0.6) is 0 Å². The summed E-state index contributed by atoms with van der Waals surface area (Å²) in [6, 6.07) is 0. The highest BCUT2D eigenvalue weighted by molar-refractivity contribution is 7.92. The third-order valence-corrected chi connectivity index (χ3v) is 6.55. The lowest BCUT2D eigenvalue weighted by molar-refractivity contribution is -0.142. The number of sulfone groups is 1. The number of amides is 1. The van der Waals surface area contributed by atoms with Crippen molar-refractivity contribution in [1.82, 2.24) is 4.90 Å². The highest BCUT2D eigenvalue weighted by atomic mass is 32.2. The van der Waals surface area contributed by atoms with Gasteiger partial charge in [-0.2, -0.15) is 0 Å². The summed E-state index contributed by atoms with van der Waals surface area (Å²) in [7, 11) is -3.39.